The molecule has 0 aliphatic carbocycles. The fraction of sp³-hybridized carbons (Fsp3) is 0.571. The summed E-state index contributed by atoms with van der Waals surface area (Å²) >= 11 is 0. The lowest BCUT2D eigenvalue weighted by Gasteiger charge is -2.28. The molecule has 0 spiro atoms. The first-order valence-corrected chi connectivity index (χ1v) is 7.93. The number of benzene rings is 1. The topological polar surface area (TPSA) is 46.2 Å². The Kier molecular flexibility index (Phi) is 3.18. The molecule has 0 aromatic heterocycles. The van der Waals surface area contributed by atoms with E-state index in [0.717, 1.165) is 11.3 Å². The second-order valence-electron chi connectivity index (χ2n) is 5.92. The van der Waals surface area contributed by atoms with Crippen molar-refractivity contribution >= 4 is 15.5 Å². The second kappa shape index (κ2) is 4.26. The van der Waals surface area contributed by atoms with Gasteiger partial charge in [0.05, 0.1) is 15.8 Å². The third kappa shape index (κ3) is 2.14. The number of sulfone groups is 1. The average molecular weight is 267 g/mol. The van der Waals surface area contributed by atoms with Crippen molar-refractivity contribution < 1.29 is 8.42 Å². The van der Waals surface area contributed by atoms with E-state index in [4.69, 9.17) is 0 Å². The van der Waals surface area contributed by atoms with Gasteiger partial charge in [-0.05, 0) is 29.5 Å². The number of anilines is 1. The van der Waals surface area contributed by atoms with Crippen LogP contribution in [0.1, 0.15) is 39.7 Å². The maximum atomic E-state index is 12.5. The van der Waals surface area contributed by atoms with E-state index in [2.05, 4.69) is 26.1 Å². The quantitative estimate of drug-likeness (QED) is 0.851. The summed E-state index contributed by atoms with van der Waals surface area (Å²) in [5.74, 6) is 0. The first-order chi connectivity index (χ1) is 8.26. The molecule has 0 saturated carbocycles. The van der Waals surface area contributed by atoms with Crippen molar-refractivity contribution in [3.05, 3.63) is 23.8 Å². The maximum Gasteiger partial charge on any atom is 0.184 e. The Labute approximate surface area is 110 Å². The zero-order chi connectivity index (χ0) is 13.6. The molecule has 1 aromatic rings. The van der Waals surface area contributed by atoms with Gasteiger partial charge in [0, 0.05) is 6.54 Å². The van der Waals surface area contributed by atoms with Gasteiger partial charge in [0.2, 0.25) is 0 Å². The van der Waals surface area contributed by atoms with Crippen molar-refractivity contribution in [2.45, 2.75) is 49.7 Å². The largest absolute Gasteiger partial charge is 0.383 e. The molecule has 1 aliphatic heterocycles. The van der Waals surface area contributed by atoms with Crippen LogP contribution in [0.4, 0.5) is 5.69 Å². The average Bonchev–Trinajstić information content (AvgIpc) is 2.27. The van der Waals surface area contributed by atoms with Crippen molar-refractivity contribution in [2.75, 3.05) is 11.9 Å². The maximum absolute atomic E-state index is 12.5. The molecule has 0 fully saturated rings. The summed E-state index contributed by atoms with van der Waals surface area (Å²) in [5, 5.41) is 2.91. The molecule has 100 valence electrons. The van der Waals surface area contributed by atoms with Crippen molar-refractivity contribution in [2.24, 2.45) is 0 Å². The number of hydrogen-bond donors (Lipinski definition) is 1. The SMILES string of the molecule is CCC1CNc2ccc(C(C)(C)C)cc2S1(=O)=O. The number of rotatable bonds is 1. The van der Waals surface area contributed by atoms with E-state index in [1.807, 2.05) is 25.1 Å². The van der Waals surface area contributed by atoms with Crippen molar-refractivity contribution in [3.8, 4) is 0 Å². The van der Waals surface area contributed by atoms with Gasteiger partial charge in [0.15, 0.2) is 9.84 Å². The zero-order valence-corrected chi connectivity index (χ0v) is 12.3. The van der Waals surface area contributed by atoms with Crippen LogP contribution < -0.4 is 5.32 Å². The fourth-order valence-corrected chi connectivity index (χ4v) is 4.09. The lowest BCUT2D eigenvalue weighted by molar-refractivity contribution is 0.570. The van der Waals surface area contributed by atoms with Crippen LogP contribution in [0.2, 0.25) is 0 Å². The van der Waals surface area contributed by atoms with Crippen LogP contribution in [0.3, 0.4) is 0 Å². The minimum absolute atomic E-state index is 0.0380. The summed E-state index contributed by atoms with van der Waals surface area (Å²) in [6.07, 6.45) is 0.647. The molecule has 1 heterocycles. The van der Waals surface area contributed by atoms with Crippen molar-refractivity contribution in [1.29, 1.82) is 0 Å². The van der Waals surface area contributed by atoms with Crippen LogP contribution in [-0.2, 0) is 15.3 Å². The molecule has 0 amide bonds. The van der Waals surface area contributed by atoms with Crippen LogP contribution in [0.15, 0.2) is 23.1 Å². The molecule has 0 saturated heterocycles. The number of nitrogens with one attached hydrogen (secondary N) is 1. The molecule has 0 bridgehead atoms. The van der Waals surface area contributed by atoms with Gasteiger partial charge < -0.3 is 5.32 Å². The summed E-state index contributed by atoms with van der Waals surface area (Å²) in [5.41, 5.74) is 1.76. The molecule has 2 rings (SSSR count). The normalized spacial score (nSPS) is 22.1. The van der Waals surface area contributed by atoms with Gasteiger partial charge in [-0.1, -0.05) is 33.8 Å². The molecular formula is C14H21NO2S. The number of hydrogen-bond acceptors (Lipinski definition) is 3. The molecule has 1 unspecified atom stereocenters. The van der Waals surface area contributed by atoms with E-state index in [9.17, 15) is 8.42 Å². The van der Waals surface area contributed by atoms with Gasteiger partial charge in [0.25, 0.3) is 0 Å². The predicted octanol–water partition coefficient (Wildman–Crippen LogP) is 2.96. The summed E-state index contributed by atoms with van der Waals surface area (Å²) < 4.78 is 24.9. The van der Waals surface area contributed by atoms with Crippen LogP contribution in [0.5, 0.6) is 0 Å². The Morgan fingerprint density at radius 3 is 2.56 bits per heavy atom. The van der Waals surface area contributed by atoms with E-state index in [1.165, 1.54) is 0 Å². The van der Waals surface area contributed by atoms with Gasteiger partial charge in [-0.25, -0.2) is 8.42 Å². The fourth-order valence-electron chi connectivity index (χ4n) is 2.25. The first-order valence-electron chi connectivity index (χ1n) is 6.39. The summed E-state index contributed by atoms with van der Waals surface area (Å²) in [7, 11) is -3.18. The standard InChI is InChI=1S/C14H21NO2S/c1-5-11-9-15-12-7-6-10(14(2,3)4)8-13(12)18(11,16)17/h6-8,11,15H,5,9H2,1-4H3. The van der Waals surface area contributed by atoms with Crippen LogP contribution in [0, 0.1) is 0 Å². The molecule has 3 nitrogen and oxygen atoms in total. The molecule has 1 N–H and O–H groups in total. The highest BCUT2D eigenvalue weighted by Crippen LogP contribution is 2.34. The molecule has 1 atom stereocenters. The van der Waals surface area contributed by atoms with Crippen LogP contribution in [0.25, 0.3) is 0 Å². The summed E-state index contributed by atoms with van der Waals surface area (Å²) in [6, 6.07) is 5.73. The van der Waals surface area contributed by atoms with Gasteiger partial charge in [0.1, 0.15) is 0 Å². The lowest BCUT2D eigenvalue weighted by atomic mass is 9.87. The highest BCUT2D eigenvalue weighted by Gasteiger charge is 2.33. The minimum atomic E-state index is -3.18. The molecule has 1 aromatic carbocycles. The molecule has 1 aliphatic rings. The Bertz CT molecular complexity index is 556. The molecule has 4 heteroatoms. The number of fused-ring (bicyclic) bond motifs is 1. The van der Waals surface area contributed by atoms with Crippen LogP contribution in [-0.4, -0.2) is 20.2 Å². The summed E-state index contributed by atoms with van der Waals surface area (Å²) in [4.78, 5) is 0.466. The third-order valence-electron chi connectivity index (χ3n) is 3.57. The van der Waals surface area contributed by atoms with Gasteiger partial charge >= 0.3 is 0 Å². The predicted molar refractivity (Wildman–Crippen MR) is 74.9 cm³/mol. The van der Waals surface area contributed by atoms with E-state index >= 15 is 0 Å². The minimum Gasteiger partial charge on any atom is -0.383 e. The Morgan fingerprint density at radius 1 is 1.33 bits per heavy atom. The van der Waals surface area contributed by atoms with Gasteiger partial charge in [-0.2, -0.15) is 0 Å². The van der Waals surface area contributed by atoms with E-state index < -0.39 is 9.84 Å². The van der Waals surface area contributed by atoms with Crippen LogP contribution >= 0.6 is 0 Å². The first kappa shape index (κ1) is 13.4. The monoisotopic (exact) mass is 267 g/mol. The Hall–Kier alpha value is -1.03. The van der Waals surface area contributed by atoms with Gasteiger partial charge in [-0.15, -0.1) is 0 Å². The molecule has 18 heavy (non-hydrogen) atoms. The van der Waals surface area contributed by atoms with E-state index in [0.29, 0.717) is 17.9 Å². The van der Waals surface area contributed by atoms with Crippen molar-refractivity contribution in [1.82, 2.24) is 0 Å². The van der Waals surface area contributed by atoms with Gasteiger partial charge in [-0.3, -0.25) is 0 Å². The third-order valence-corrected chi connectivity index (χ3v) is 5.90. The smallest absolute Gasteiger partial charge is 0.184 e. The molecular weight excluding hydrogens is 246 g/mol. The highest BCUT2D eigenvalue weighted by molar-refractivity contribution is 7.92. The lowest BCUT2D eigenvalue weighted by Crippen LogP contribution is -2.34. The zero-order valence-electron chi connectivity index (χ0n) is 11.4. The Morgan fingerprint density at radius 2 is 2.00 bits per heavy atom. The highest BCUT2D eigenvalue weighted by atomic mass is 32.2. The molecule has 0 radical (unpaired) electrons. The van der Waals surface area contributed by atoms with Crippen molar-refractivity contribution in [3.63, 3.8) is 0 Å². The second-order valence-corrected chi connectivity index (χ2v) is 8.11. The van der Waals surface area contributed by atoms with E-state index in [1.54, 1.807) is 0 Å². The summed E-state index contributed by atoms with van der Waals surface area (Å²) in [6.45, 7) is 8.71. The van der Waals surface area contributed by atoms with E-state index in [-0.39, 0.29) is 10.7 Å². The Balaban J connectivity index is 2.59.